The van der Waals surface area contributed by atoms with Gasteiger partial charge < -0.3 is 15.0 Å². The highest BCUT2D eigenvalue weighted by atomic mass is 16.3. The molecule has 0 aromatic carbocycles. The number of nitrogens with zero attached hydrogens (tertiary/aromatic N) is 3. The van der Waals surface area contributed by atoms with E-state index in [-0.39, 0.29) is 12.1 Å². The van der Waals surface area contributed by atoms with Crippen LogP contribution in [-0.4, -0.2) is 32.5 Å². The number of aryl methyl sites for hydroxylation is 1. The van der Waals surface area contributed by atoms with Crippen LogP contribution in [0.3, 0.4) is 0 Å². The van der Waals surface area contributed by atoms with Crippen molar-refractivity contribution < 1.29 is 5.11 Å². The molecule has 13 heavy (non-hydrogen) atoms. The lowest BCUT2D eigenvalue weighted by molar-refractivity contribution is 0.192. The summed E-state index contributed by atoms with van der Waals surface area (Å²) < 4.78 is 2.00. The van der Waals surface area contributed by atoms with E-state index in [4.69, 9.17) is 0 Å². The molecule has 1 aliphatic rings. The summed E-state index contributed by atoms with van der Waals surface area (Å²) in [7, 11) is 0. The molecule has 1 fully saturated rings. The smallest absolute Gasteiger partial charge is 0.150 e. The Labute approximate surface area is 76.8 Å². The van der Waals surface area contributed by atoms with Crippen molar-refractivity contribution in [1.29, 1.82) is 0 Å². The van der Waals surface area contributed by atoms with E-state index in [0.29, 0.717) is 6.54 Å². The van der Waals surface area contributed by atoms with Crippen LogP contribution in [0, 0.1) is 0 Å². The summed E-state index contributed by atoms with van der Waals surface area (Å²) in [5.41, 5.74) is 0. The van der Waals surface area contributed by atoms with Crippen LogP contribution in [0.1, 0.15) is 25.2 Å². The molecule has 2 unspecified atom stereocenters. The molecular formula is C8H14N4O. The minimum Gasteiger partial charge on any atom is -0.392 e. The summed E-state index contributed by atoms with van der Waals surface area (Å²) in [6.07, 6.45) is 2.22. The zero-order valence-corrected chi connectivity index (χ0v) is 7.64. The summed E-state index contributed by atoms with van der Waals surface area (Å²) in [5, 5.41) is 20.4. The molecular weight excluding hydrogens is 168 g/mol. The molecule has 2 heterocycles. The zero-order chi connectivity index (χ0) is 9.26. The number of aliphatic hydroxyl groups is 1. The van der Waals surface area contributed by atoms with Gasteiger partial charge in [0.15, 0.2) is 0 Å². The van der Waals surface area contributed by atoms with Gasteiger partial charge in [0.1, 0.15) is 12.2 Å². The average Bonchev–Trinajstić information content (AvgIpc) is 2.71. The lowest BCUT2D eigenvalue weighted by Gasteiger charge is -2.09. The van der Waals surface area contributed by atoms with E-state index >= 15 is 0 Å². The van der Waals surface area contributed by atoms with Crippen LogP contribution >= 0.6 is 0 Å². The van der Waals surface area contributed by atoms with E-state index in [2.05, 4.69) is 22.4 Å². The lowest BCUT2D eigenvalue weighted by atomic mass is 10.2. The van der Waals surface area contributed by atoms with Gasteiger partial charge in [-0.05, 0) is 13.3 Å². The minimum absolute atomic E-state index is 0.164. The zero-order valence-electron chi connectivity index (χ0n) is 7.64. The van der Waals surface area contributed by atoms with Crippen molar-refractivity contribution in [2.45, 2.75) is 32.0 Å². The van der Waals surface area contributed by atoms with Crippen molar-refractivity contribution in [3.05, 3.63) is 12.2 Å². The number of aliphatic hydroxyl groups excluding tert-OH is 1. The predicted molar refractivity (Wildman–Crippen MR) is 47.1 cm³/mol. The molecule has 0 radical (unpaired) electrons. The van der Waals surface area contributed by atoms with Crippen LogP contribution in [0.15, 0.2) is 6.33 Å². The molecule has 1 aliphatic heterocycles. The molecule has 1 aromatic rings. The van der Waals surface area contributed by atoms with Crippen LogP contribution in [-0.2, 0) is 6.54 Å². The maximum Gasteiger partial charge on any atom is 0.150 e. The van der Waals surface area contributed by atoms with Crippen LogP contribution in [0.25, 0.3) is 0 Å². The molecule has 0 aliphatic carbocycles. The minimum atomic E-state index is -0.244. The van der Waals surface area contributed by atoms with Crippen molar-refractivity contribution >= 4 is 0 Å². The van der Waals surface area contributed by atoms with Gasteiger partial charge in [-0.1, -0.05) is 0 Å². The Kier molecular flexibility index (Phi) is 2.28. The molecule has 2 N–H and O–H groups in total. The highest BCUT2D eigenvalue weighted by molar-refractivity contribution is 4.99. The van der Waals surface area contributed by atoms with Gasteiger partial charge in [0, 0.05) is 13.1 Å². The Morgan fingerprint density at radius 1 is 1.77 bits per heavy atom. The quantitative estimate of drug-likeness (QED) is 0.658. The van der Waals surface area contributed by atoms with E-state index in [1.54, 1.807) is 6.33 Å². The maximum absolute atomic E-state index is 9.34. The summed E-state index contributed by atoms with van der Waals surface area (Å²) in [5.74, 6) is 0.930. The summed E-state index contributed by atoms with van der Waals surface area (Å²) in [6, 6.07) is 0.164. The Hall–Kier alpha value is -0.940. The van der Waals surface area contributed by atoms with Gasteiger partial charge in [0.05, 0.1) is 12.1 Å². The van der Waals surface area contributed by atoms with Gasteiger partial charge in [-0.3, -0.25) is 0 Å². The highest BCUT2D eigenvalue weighted by Crippen LogP contribution is 2.20. The number of rotatable bonds is 2. The second kappa shape index (κ2) is 3.43. The number of aromatic nitrogens is 3. The standard InChI is InChI=1S/C8H14N4O/c1-2-12-5-10-11-8(12)7-3-6(13)4-9-7/h5-7,9,13H,2-4H2,1H3. The number of hydrogen-bond donors (Lipinski definition) is 2. The van der Waals surface area contributed by atoms with E-state index in [0.717, 1.165) is 18.8 Å². The predicted octanol–water partition coefficient (Wildman–Crippen LogP) is -0.307. The first-order valence-corrected chi connectivity index (χ1v) is 4.60. The second-order valence-electron chi connectivity index (χ2n) is 3.33. The Morgan fingerprint density at radius 3 is 3.23 bits per heavy atom. The average molecular weight is 182 g/mol. The van der Waals surface area contributed by atoms with Crippen molar-refractivity contribution in [3.63, 3.8) is 0 Å². The molecule has 0 saturated carbocycles. The molecule has 2 rings (SSSR count). The molecule has 5 nitrogen and oxygen atoms in total. The summed E-state index contributed by atoms with van der Waals surface area (Å²) >= 11 is 0. The van der Waals surface area contributed by atoms with E-state index in [1.165, 1.54) is 0 Å². The molecule has 1 aromatic heterocycles. The third kappa shape index (κ3) is 1.57. The fourth-order valence-corrected chi connectivity index (χ4v) is 1.69. The van der Waals surface area contributed by atoms with Gasteiger partial charge in [-0.15, -0.1) is 10.2 Å². The van der Waals surface area contributed by atoms with Crippen LogP contribution in [0.5, 0.6) is 0 Å². The molecule has 0 spiro atoms. The van der Waals surface area contributed by atoms with Crippen LogP contribution in [0.2, 0.25) is 0 Å². The third-order valence-corrected chi connectivity index (χ3v) is 2.41. The fraction of sp³-hybridized carbons (Fsp3) is 0.750. The number of nitrogens with one attached hydrogen (secondary N) is 1. The van der Waals surface area contributed by atoms with Crippen molar-refractivity contribution in [2.75, 3.05) is 6.54 Å². The van der Waals surface area contributed by atoms with Gasteiger partial charge in [0.25, 0.3) is 0 Å². The van der Waals surface area contributed by atoms with Gasteiger partial charge in [-0.25, -0.2) is 0 Å². The van der Waals surface area contributed by atoms with E-state index in [1.807, 2.05) is 4.57 Å². The largest absolute Gasteiger partial charge is 0.392 e. The Balaban J connectivity index is 2.16. The molecule has 1 saturated heterocycles. The molecule has 5 heteroatoms. The van der Waals surface area contributed by atoms with Crippen molar-refractivity contribution in [3.8, 4) is 0 Å². The number of hydrogen-bond acceptors (Lipinski definition) is 4. The molecule has 0 amide bonds. The van der Waals surface area contributed by atoms with Crippen molar-refractivity contribution in [1.82, 2.24) is 20.1 Å². The van der Waals surface area contributed by atoms with Gasteiger partial charge in [-0.2, -0.15) is 0 Å². The third-order valence-electron chi connectivity index (χ3n) is 2.41. The van der Waals surface area contributed by atoms with Crippen molar-refractivity contribution in [2.24, 2.45) is 0 Å². The normalized spacial score (nSPS) is 28.2. The number of β-amino-alcohol motifs (C(OH)–C–C–N with tert-alkyl or cyclic N) is 1. The molecule has 0 bridgehead atoms. The summed E-state index contributed by atoms with van der Waals surface area (Å²) in [6.45, 7) is 3.58. The summed E-state index contributed by atoms with van der Waals surface area (Å²) in [4.78, 5) is 0. The van der Waals surface area contributed by atoms with E-state index < -0.39 is 0 Å². The monoisotopic (exact) mass is 182 g/mol. The van der Waals surface area contributed by atoms with E-state index in [9.17, 15) is 5.11 Å². The molecule has 2 atom stereocenters. The van der Waals surface area contributed by atoms with Crippen LogP contribution < -0.4 is 5.32 Å². The Morgan fingerprint density at radius 2 is 2.62 bits per heavy atom. The SMILES string of the molecule is CCn1cnnc1C1CC(O)CN1. The fourth-order valence-electron chi connectivity index (χ4n) is 1.69. The topological polar surface area (TPSA) is 63.0 Å². The van der Waals surface area contributed by atoms with Gasteiger partial charge >= 0.3 is 0 Å². The van der Waals surface area contributed by atoms with Crippen LogP contribution in [0.4, 0.5) is 0 Å². The lowest BCUT2D eigenvalue weighted by Crippen LogP contribution is -2.18. The molecule has 72 valence electrons. The second-order valence-corrected chi connectivity index (χ2v) is 3.33. The van der Waals surface area contributed by atoms with Gasteiger partial charge in [0.2, 0.25) is 0 Å². The maximum atomic E-state index is 9.34. The highest BCUT2D eigenvalue weighted by Gasteiger charge is 2.26. The first-order chi connectivity index (χ1) is 6.31. The first-order valence-electron chi connectivity index (χ1n) is 4.60. The first kappa shape index (κ1) is 8.65. The Bertz CT molecular complexity index is 285.